The fraction of sp³-hybridized carbons (Fsp3) is 0.629. The van der Waals surface area contributed by atoms with Gasteiger partial charge in [0.25, 0.3) is 0 Å². The molecule has 0 unspecified atom stereocenters. The number of hydroxylamine groups is 1. The van der Waals surface area contributed by atoms with E-state index in [9.17, 15) is 33.6 Å². The van der Waals surface area contributed by atoms with Crippen molar-refractivity contribution in [2.75, 3.05) is 18.4 Å². The average molecular weight is 704 g/mol. The molecule has 0 spiro atoms. The third kappa shape index (κ3) is 19.5. The Hall–Kier alpha value is -4.53. The minimum atomic E-state index is -0.993. The summed E-state index contributed by atoms with van der Waals surface area (Å²) in [5.74, 6) is -1.97. The Labute approximate surface area is 295 Å². The summed E-state index contributed by atoms with van der Waals surface area (Å²) < 4.78 is 0. The molecule has 50 heavy (non-hydrogen) atoms. The van der Waals surface area contributed by atoms with Crippen LogP contribution in [0.15, 0.2) is 24.3 Å². The van der Waals surface area contributed by atoms with Crippen LogP contribution in [0.5, 0.6) is 0 Å². The van der Waals surface area contributed by atoms with Gasteiger partial charge in [0.1, 0.15) is 17.9 Å². The van der Waals surface area contributed by atoms with E-state index >= 15 is 0 Å². The Morgan fingerprint density at radius 2 is 1.38 bits per heavy atom. The van der Waals surface area contributed by atoms with Crippen molar-refractivity contribution in [1.82, 2.24) is 26.7 Å². The fourth-order valence-electron chi connectivity index (χ4n) is 4.65. The summed E-state index contributed by atoms with van der Waals surface area (Å²) in [6, 6.07) is 4.14. The maximum Gasteiger partial charge on any atom is 0.312 e. The zero-order chi connectivity index (χ0) is 37.5. The lowest BCUT2D eigenvalue weighted by Gasteiger charge is -2.25. The summed E-state index contributed by atoms with van der Waals surface area (Å²) in [6.07, 6.45) is 4.27. The van der Waals surface area contributed by atoms with Crippen LogP contribution in [0.4, 0.5) is 10.5 Å². The monoisotopic (exact) mass is 703 g/mol. The van der Waals surface area contributed by atoms with E-state index in [1.54, 1.807) is 58.9 Å². The number of ketones is 1. The number of rotatable bonds is 25. The second-order valence-electron chi connectivity index (χ2n) is 12.8. The van der Waals surface area contributed by atoms with Gasteiger partial charge in [-0.05, 0) is 55.7 Å². The number of primary amides is 1. The van der Waals surface area contributed by atoms with Crippen LogP contribution in [0.25, 0.3) is 0 Å². The highest BCUT2D eigenvalue weighted by atomic mass is 16.6. The van der Waals surface area contributed by atoms with Crippen LogP contribution in [0.2, 0.25) is 0 Å². The molecule has 1 rings (SSSR count). The van der Waals surface area contributed by atoms with Gasteiger partial charge in [0, 0.05) is 50.4 Å². The maximum absolute atomic E-state index is 13.3. The first-order chi connectivity index (χ1) is 23.7. The Morgan fingerprint density at radius 3 is 2.00 bits per heavy atom. The molecule has 1 aromatic rings. The quantitative estimate of drug-likeness (QED) is 0.0590. The van der Waals surface area contributed by atoms with Crippen molar-refractivity contribution in [3.63, 3.8) is 0 Å². The predicted molar refractivity (Wildman–Crippen MR) is 189 cm³/mol. The summed E-state index contributed by atoms with van der Waals surface area (Å²) in [5.41, 5.74) is 8.75. The SMILES string of the molecule is CCC(=O)NCCCCCC(=O)NOCc1ccc(NC(=O)[C@H](CCCNC(N)=O)NC(=O)[C@@H](NC(=O)CCCC(=O)C(C)C)C(C)C)cc1. The lowest BCUT2D eigenvalue weighted by atomic mass is 10.0. The highest BCUT2D eigenvalue weighted by Gasteiger charge is 2.29. The number of amides is 7. The minimum Gasteiger partial charge on any atom is -0.356 e. The van der Waals surface area contributed by atoms with Crippen LogP contribution in [-0.4, -0.2) is 66.5 Å². The number of nitrogens with one attached hydrogen (secondary N) is 6. The number of hydrogen-bond donors (Lipinski definition) is 7. The molecule has 0 fully saturated rings. The molecule has 15 heteroatoms. The van der Waals surface area contributed by atoms with Crippen LogP contribution in [-0.2, 0) is 40.2 Å². The predicted octanol–water partition coefficient (Wildman–Crippen LogP) is 2.73. The van der Waals surface area contributed by atoms with Crippen molar-refractivity contribution in [2.24, 2.45) is 17.6 Å². The molecule has 0 bridgehead atoms. The zero-order valence-corrected chi connectivity index (χ0v) is 30.2. The van der Waals surface area contributed by atoms with Crippen molar-refractivity contribution in [2.45, 2.75) is 118 Å². The molecule has 8 N–H and O–H groups in total. The van der Waals surface area contributed by atoms with E-state index in [0.717, 1.165) is 18.4 Å². The highest BCUT2D eigenvalue weighted by Crippen LogP contribution is 2.13. The average Bonchev–Trinajstić information content (AvgIpc) is 3.06. The van der Waals surface area contributed by atoms with Gasteiger partial charge in [0.05, 0.1) is 6.61 Å². The van der Waals surface area contributed by atoms with Crippen LogP contribution < -0.4 is 37.8 Å². The molecule has 0 aliphatic carbocycles. The largest absolute Gasteiger partial charge is 0.356 e. The molecule has 7 amide bonds. The Balaban J connectivity index is 2.69. The Morgan fingerprint density at radius 1 is 0.720 bits per heavy atom. The lowest BCUT2D eigenvalue weighted by molar-refractivity contribution is -0.134. The number of benzene rings is 1. The number of anilines is 1. The lowest BCUT2D eigenvalue weighted by Crippen LogP contribution is -2.54. The molecule has 0 heterocycles. The summed E-state index contributed by atoms with van der Waals surface area (Å²) in [7, 11) is 0. The molecule has 0 aliphatic rings. The van der Waals surface area contributed by atoms with Crippen molar-refractivity contribution >= 4 is 47.0 Å². The van der Waals surface area contributed by atoms with Gasteiger partial charge in [-0.1, -0.05) is 53.2 Å². The minimum absolute atomic E-state index is 0.00880. The third-order valence-electron chi connectivity index (χ3n) is 7.71. The second kappa shape index (κ2) is 24.6. The van der Waals surface area contributed by atoms with Crippen molar-refractivity contribution in [3.8, 4) is 0 Å². The van der Waals surface area contributed by atoms with Gasteiger partial charge in [0.2, 0.25) is 29.5 Å². The number of urea groups is 1. The van der Waals surface area contributed by atoms with E-state index in [1.807, 2.05) is 0 Å². The number of carbonyl (C=O) groups is 7. The molecule has 280 valence electrons. The summed E-state index contributed by atoms with van der Waals surface area (Å²) in [4.78, 5) is 90.8. The summed E-state index contributed by atoms with van der Waals surface area (Å²) in [6.45, 7) is 9.83. The van der Waals surface area contributed by atoms with E-state index in [1.165, 1.54) is 0 Å². The molecule has 0 saturated heterocycles. The van der Waals surface area contributed by atoms with Gasteiger partial charge in [-0.25, -0.2) is 10.3 Å². The van der Waals surface area contributed by atoms with E-state index in [2.05, 4.69) is 32.1 Å². The summed E-state index contributed by atoms with van der Waals surface area (Å²) >= 11 is 0. The van der Waals surface area contributed by atoms with E-state index < -0.39 is 29.9 Å². The van der Waals surface area contributed by atoms with Gasteiger partial charge < -0.3 is 32.3 Å². The van der Waals surface area contributed by atoms with Crippen molar-refractivity contribution in [1.29, 1.82) is 0 Å². The van der Waals surface area contributed by atoms with E-state index in [0.29, 0.717) is 44.3 Å². The molecule has 1 aromatic carbocycles. The number of nitrogens with two attached hydrogens (primary N) is 1. The van der Waals surface area contributed by atoms with E-state index in [4.69, 9.17) is 10.6 Å². The number of Topliss-reactive ketones (excluding diaryl/α,β-unsaturated/α-hetero) is 1. The van der Waals surface area contributed by atoms with Crippen molar-refractivity contribution < 1.29 is 38.4 Å². The second-order valence-corrected chi connectivity index (χ2v) is 12.8. The first-order valence-corrected chi connectivity index (χ1v) is 17.5. The van der Waals surface area contributed by atoms with Crippen LogP contribution in [0, 0.1) is 11.8 Å². The number of carbonyl (C=O) groups excluding carboxylic acids is 7. The van der Waals surface area contributed by atoms with E-state index in [-0.39, 0.29) is 67.8 Å². The number of unbranched alkanes of at least 4 members (excludes halogenated alkanes) is 2. The highest BCUT2D eigenvalue weighted by molar-refractivity contribution is 5.98. The van der Waals surface area contributed by atoms with Gasteiger partial charge in [-0.3, -0.25) is 33.6 Å². The first-order valence-electron chi connectivity index (χ1n) is 17.5. The summed E-state index contributed by atoms with van der Waals surface area (Å²) in [5, 5.41) is 13.5. The normalized spacial score (nSPS) is 12.1. The van der Waals surface area contributed by atoms with Gasteiger partial charge in [0.15, 0.2) is 0 Å². The smallest absolute Gasteiger partial charge is 0.312 e. The molecule has 0 saturated carbocycles. The standard InChI is InChI=1S/C35H57N7O8/c1-6-29(44)37-20-9-7-8-14-31(46)42-50-22-25-16-18-26(19-17-25)39-33(47)27(12-11-21-38-35(36)49)40-34(48)32(24(4)5)41-30(45)15-10-13-28(43)23(2)3/h16-19,23-24,27,32H,6-15,20-22H2,1-5H3,(H,37,44)(H,39,47)(H,40,48)(H,41,45)(H,42,46)(H3,36,38,49)/t27-,32-/m0/s1. The van der Waals surface area contributed by atoms with Crippen molar-refractivity contribution in [3.05, 3.63) is 29.8 Å². The Bertz CT molecular complexity index is 1250. The molecule has 15 nitrogen and oxygen atoms in total. The molecular formula is C35H57N7O8. The van der Waals surface area contributed by atoms with Crippen LogP contribution >= 0.6 is 0 Å². The maximum atomic E-state index is 13.3. The first kappa shape index (κ1) is 43.5. The molecule has 0 aromatic heterocycles. The Kier molecular flexibility index (Phi) is 21.4. The molecular weight excluding hydrogens is 646 g/mol. The molecule has 0 aliphatic heterocycles. The fourth-order valence-corrected chi connectivity index (χ4v) is 4.65. The van der Waals surface area contributed by atoms with Gasteiger partial charge in [-0.2, -0.15) is 0 Å². The topological polar surface area (TPSA) is 227 Å². The zero-order valence-electron chi connectivity index (χ0n) is 30.2. The molecule has 0 radical (unpaired) electrons. The van der Waals surface area contributed by atoms with Gasteiger partial charge >= 0.3 is 6.03 Å². The molecule has 2 atom stereocenters. The van der Waals surface area contributed by atoms with Crippen LogP contribution in [0.3, 0.4) is 0 Å². The van der Waals surface area contributed by atoms with Crippen LogP contribution in [0.1, 0.15) is 104 Å². The third-order valence-corrected chi connectivity index (χ3v) is 7.71. The van der Waals surface area contributed by atoms with Gasteiger partial charge in [-0.15, -0.1) is 0 Å². The number of hydrogen-bond acceptors (Lipinski definition) is 8.